The van der Waals surface area contributed by atoms with Crippen LogP contribution in [0.3, 0.4) is 0 Å². The number of thioether (sulfide) groups is 1. The fraction of sp³-hybridized carbons (Fsp3) is 0.409. The fourth-order valence-electron chi connectivity index (χ4n) is 4.25. The number of rotatable bonds is 6. The maximum Gasteiger partial charge on any atom is 0.323 e. The SMILES string of the molecule is CSc1c(Cl)ccc2c(=O)c3cc(Cl)c(N(C)CC4CCOCC4)nc3n(CC(=O)O)c12. The van der Waals surface area contributed by atoms with Crippen LogP contribution in [0.4, 0.5) is 5.82 Å². The van der Waals surface area contributed by atoms with E-state index in [1.165, 1.54) is 11.8 Å². The third-order valence-electron chi connectivity index (χ3n) is 5.77. The Hall–Kier alpha value is -2.00. The summed E-state index contributed by atoms with van der Waals surface area (Å²) in [6.07, 6.45) is 3.75. The zero-order valence-corrected chi connectivity index (χ0v) is 20.1. The molecule has 0 unspecified atom stereocenters. The average Bonchev–Trinajstić information content (AvgIpc) is 2.76. The first-order valence-electron chi connectivity index (χ1n) is 10.2. The van der Waals surface area contributed by atoms with Crippen molar-refractivity contribution in [3.8, 4) is 0 Å². The number of carbonyl (C=O) groups is 1. The van der Waals surface area contributed by atoms with Gasteiger partial charge in [-0.1, -0.05) is 23.2 Å². The van der Waals surface area contributed by atoms with Crippen LogP contribution in [-0.2, 0) is 16.1 Å². The normalized spacial score (nSPS) is 14.9. The van der Waals surface area contributed by atoms with Crippen molar-refractivity contribution >= 4 is 68.7 Å². The van der Waals surface area contributed by atoms with Gasteiger partial charge in [0.25, 0.3) is 0 Å². The highest BCUT2D eigenvalue weighted by Gasteiger charge is 2.22. The average molecular weight is 496 g/mol. The van der Waals surface area contributed by atoms with Gasteiger partial charge in [0.1, 0.15) is 18.0 Å². The van der Waals surface area contributed by atoms with Crippen molar-refractivity contribution < 1.29 is 14.6 Å². The third kappa shape index (κ3) is 4.29. The second-order valence-corrected chi connectivity index (χ2v) is 9.52. The van der Waals surface area contributed by atoms with Gasteiger partial charge in [0.05, 0.1) is 25.8 Å². The maximum atomic E-state index is 13.3. The van der Waals surface area contributed by atoms with E-state index in [0.717, 1.165) is 32.6 Å². The molecule has 0 amide bonds. The lowest BCUT2D eigenvalue weighted by molar-refractivity contribution is -0.137. The molecule has 0 saturated carbocycles. The zero-order chi connectivity index (χ0) is 23.0. The summed E-state index contributed by atoms with van der Waals surface area (Å²) in [7, 11) is 1.90. The molecular weight excluding hydrogens is 473 g/mol. The molecule has 2 aromatic heterocycles. The summed E-state index contributed by atoms with van der Waals surface area (Å²) in [5.41, 5.74) is 0.495. The van der Waals surface area contributed by atoms with Crippen LogP contribution >= 0.6 is 35.0 Å². The van der Waals surface area contributed by atoms with Crippen LogP contribution in [0.15, 0.2) is 27.9 Å². The Morgan fingerprint density at radius 1 is 1.28 bits per heavy atom. The number of halogens is 2. The Bertz CT molecular complexity index is 1260. The summed E-state index contributed by atoms with van der Waals surface area (Å²) in [6, 6.07) is 4.86. The summed E-state index contributed by atoms with van der Waals surface area (Å²) < 4.78 is 6.99. The molecule has 0 bridgehead atoms. The number of carboxylic acids is 1. The zero-order valence-electron chi connectivity index (χ0n) is 17.7. The van der Waals surface area contributed by atoms with Gasteiger partial charge >= 0.3 is 5.97 Å². The smallest absolute Gasteiger partial charge is 0.323 e. The van der Waals surface area contributed by atoms with Crippen molar-refractivity contribution in [1.29, 1.82) is 0 Å². The van der Waals surface area contributed by atoms with Gasteiger partial charge in [-0.3, -0.25) is 9.59 Å². The highest BCUT2D eigenvalue weighted by Crippen LogP contribution is 2.35. The van der Waals surface area contributed by atoms with Crippen LogP contribution in [0.5, 0.6) is 0 Å². The van der Waals surface area contributed by atoms with Gasteiger partial charge in [-0.05, 0) is 43.2 Å². The number of aromatic nitrogens is 2. The number of nitrogens with zero attached hydrogens (tertiary/aromatic N) is 3. The van der Waals surface area contributed by atoms with E-state index in [-0.39, 0.29) is 23.0 Å². The minimum absolute atomic E-state index is 0.253. The fourth-order valence-corrected chi connectivity index (χ4v) is 5.60. The van der Waals surface area contributed by atoms with Crippen molar-refractivity contribution in [1.82, 2.24) is 9.55 Å². The van der Waals surface area contributed by atoms with Gasteiger partial charge in [0.15, 0.2) is 5.43 Å². The first-order valence-corrected chi connectivity index (χ1v) is 12.2. The third-order valence-corrected chi connectivity index (χ3v) is 7.29. The molecular formula is C22H23Cl2N3O4S. The lowest BCUT2D eigenvalue weighted by atomic mass is 10.00. The largest absolute Gasteiger partial charge is 0.480 e. The van der Waals surface area contributed by atoms with Gasteiger partial charge in [-0.15, -0.1) is 11.8 Å². The van der Waals surface area contributed by atoms with E-state index in [9.17, 15) is 14.7 Å². The van der Waals surface area contributed by atoms with E-state index in [1.807, 2.05) is 18.2 Å². The monoisotopic (exact) mass is 495 g/mol. The lowest BCUT2D eigenvalue weighted by Crippen LogP contribution is -2.30. The van der Waals surface area contributed by atoms with Gasteiger partial charge in [-0.25, -0.2) is 4.98 Å². The van der Waals surface area contributed by atoms with Gasteiger partial charge in [0.2, 0.25) is 0 Å². The molecule has 4 rings (SSSR count). The minimum atomic E-state index is -1.04. The lowest BCUT2D eigenvalue weighted by Gasteiger charge is -2.28. The van der Waals surface area contributed by atoms with Gasteiger partial charge in [0, 0.05) is 32.2 Å². The number of benzene rings is 1. The van der Waals surface area contributed by atoms with Crippen molar-refractivity contribution in [2.45, 2.75) is 24.3 Å². The molecule has 3 aromatic rings. The molecule has 0 aliphatic carbocycles. The van der Waals surface area contributed by atoms with Crippen LogP contribution < -0.4 is 10.3 Å². The highest BCUT2D eigenvalue weighted by atomic mass is 35.5. The van der Waals surface area contributed by atoms with Gasteiger partial charge in [-0.2, -0.15) is 0 Å². The number of ether oxygens (including phenoxy) is 1. The van der Waals surface area contributed by atoms with Crippen molar-refractivity contribution in [3.63, 3.8) is 0 Å². The Labute approximate surface area is 199 Å². The summed E-state index contributed by atoms with van der Waals surface area (Å²) in [4.78, 5) is 32.4. The van der Waals surface area contributed by atoms with Crippen LogP contribution in [0.2, 0.25) is 10.0 Å². The molecule has 1 aromatic carbocycles. The Morgan fingerprint density at radius 3 is 2.66 bits per heavy atom. The Kier molecular flexibility index (Phi) is 6.86. The minimum Gasteiger partial charge on any atom is -0.480 e. The van der Waals surface area contributed by atoms with Crippen LogP contribution in [0, 0.1) is 5.92 Å². The first kappa shape index (κ1) is 23.2. The van der Waals surface area contributed by atoms with Crippen molar-refractivity contribution in [2.24, 2.45) is 5.92 Å². The predicted molar refractivity (Wildman–Crippen MR) is 130 cm³/mol. The van der Waals surface area contributed by atoms with Crippen LogP contribution in [-0.4, -0.2) is 53.7 Å². The Balaban J connectivity index is 1.96. The number of carboxylic acid groups (broad SMARTS) is 1. The molecule has 1 fully saturated rings. The summed E-state index contributed by atoms with van der Waals surface area (Å²) in [5.74, 6) is -0.0876. The topological polar surface area (TPSA) is 84.7 Å². The van der Waals surface area contributed by atoms with E-state index in [4.69, 9.17) is 32.9 Å². The molecule has 7 nitrogen and oxygen atoms in total. The summed E-state index contributed by atoms with van der Waals surface area (Å²) >= 11 is 14.3. The Morgan fingerprint density at radius 2 is 2.00 bits per heavy atom. The van der Waals surface area contributed by atoms with Crippen molar-refractivity contribution in [2.75, 3.05) is 38.0 Å². The number of hydrogen-bond acceptors (Lipinski definition) is 6. The van der Waals surface area contributed by atoms with E-state index in [1.54, 1.807) is 22.8 Å². The summed E-state index contributed by atoms with van der Waals surface area (Å²) in [6.45, 7) is 1.85. The molecule has 0 spiro atoms. The van der Waals surface area contributed by atoms with E-state index in [0.29, 0.717) is 37.6 Å². The predicted octanol–water partition coefficient (Wildman–Crippen LogP) is 4.53. The molecule has 0 radical (unpaired) electrons. The first-order chi connectivity index (χ1) is 15.3. The van der Waals surface area contributed by atoms with E-state index < -0.39 is 5.97 Å². The maximum absolute atomic E-state index is 13.3. The standard InChI is InChI=1S/C22H23Cl2N3O4S/c1-26(10-12-5-7-31-8-6-12)22-16(24)9-14-19(30)13-3-4-15(23)20(32-2)18(13)27(11-17(28)29)21(14)25-22/h3-4,9,12H,5-8,10-11H2,1-2H3,(H,28,29). The quantitative estimate of drug-likeness (QED) is 0.397. The van der Waals surface area contributed by atoms with E-state index >= 15 is 0 Å². The van der Waals surface area contributed by atoms with Crippen LogP contribution in [0.25, 0.3) is 21.9 Å². The molecule has 170 valence electrons. The second kappa shape index (κ2) is 9.47. The molecule has 1 aliphatic heterocycles. The van der Waals surface area contributed by atoms with Crippen LogP contribution in [0.1, 0.15) is 12.8 Å². The molecule has 10 heteroatoms. The second-order valence-electron chi connectivity index (χ2n) is 7.89. The number of aliphatic carboxylic acids is 1. The number of fused-ring (bicyclic) bond motifs is 2. The summed E-state index contributed by atoms with van der Waals surface area (Å²) in [5, 5.41) is 11.1. The highest BCUT2D eigenvalue weighted by molar-refractivity contribution is 7.99. The number of anilines is 1. The molecule has 1 saturated heterocycles. The molecule has 3 heterocycles. The number of hydrogen-bond donors (Lipinski definition) is 1. The molecule has 1 aliphatic rings. The number of pyridine rings is 2. The van der Waals surface area contributed by atoms with Crippen molar-refractivity contribution in [3.05, 3.63) is 38.5 Å². The van der Waals surface area contributed by atoms with E-state index in [2.05, 4.69) is 0 Å². The molecule has 0 atom stereocenters. The molecule has 32 heavy (non-hydrogen) atoms. The van der Waals surface area contributed by atoms with Gasteiger partial charge < -0.3 is 19.3 Å². The molecule has 1 N–H and O–H groups in total.